The summed E-state index contributed by atoms with van der Waals surface area (Å²) in [6, 6.07) is 3.88. The number of halogens is 1. The zero-order chi connectivity index (χ0) is 14.5. The van der Waals surface area contributed by atoms with Crippen LogP contribution < -0.4 is 5.32 Å². The quantitative estimate of drug-likeness (QED) is 0.813. The second-order valence-corrected chi connectivity index (χ2v) is 4.65. The van der Waals surface area contributed by atoms with E-state index in [1.165, 1.54) is 12.1 Å². The molecule has 1 aromatic carbocycles. The monoisotopic (exact) mass is 277 g/mol. The van der Waals surface area contributed by atoms with Crippen molar-refractivity contribution in [3.05, 3.63) is 35.1 Å². The summed E-state index contributed by atoms with van der Waals surface area (Å²) in [7, 11) is 1.64. The number of benzene rings is 1. The fourth-order valence-electron chi connectivity index (χ4n) is 2.09. The Labute approximate surface area is 116 Å². The van der Waals surface area contributed by atoms with E-state index in [1.807, 2.05) is 0 Å². The Morgan fingerprint density at radius 2 is 2.30 bits per heavy atom. The smallest absolute Gasteiger partial charge is 0.252 e. The lowest BCUT2D eigenvalue weighted by Crippen LogP contribution is -2.47. The minimum Gasteiger partial charge on any atom is -0.384 e. The fourth-order valence-corrected chi connectivity index (χ4v) is 2.09. The molecule has 0 unspecified atom stereocenters. The summed E-state index contributed by atoms with van der Waals surface area (Å²) < 4.78 is 18.4. The number of aliphatic hydroxyl groups is 1. The molecule has 1 aliphatic carbocycles. The third kappa shape index (κ3) is 3.35. The van der Waals surface area contributed by atoms with Gasteiger partial charge in [-0.25, -0.2) is 4.39 Å². The van der Waals surface area contributed by atoms with E-state index in [1.54, 1.807) is 7.11 Å². The van der Waals surface area contributed by atoms with Gasteiger partial charge < -0.3 is 15.2 Å². The van der Waals surface area contributed by atoms with E-state index in [9.17, 15) is 9.18 Å². The SMILES string of the molecule is COC1CC(NC(=O)c2cc(F)ccc2C#CCO)C1. The number of hydrogen-bond donors (Lipinski definition) is 2. The number of carbonyl (C=O) groups is 1. The van der Waals surface area contributed by atoms with Gasteiger partial charge in [0.15, 0.2) is 0 Å². The van der Waals surface area contributed by atoms with Crippen molar-refractivity contribution >= 4 is 5.91 Å². The molecule has 106 valence electrons. The first kappa shape index (κ1) is 14.5. The predicted molar refractivity (Wildman–Crippen MR) is 71.6 cm³/mol. The summed E-state index contributed by atoms with van der Waals surface area (Å²) >= 11 is 0. The van der Waals surface area contributed by atoms with E-state index < -0.39 is 5.82 Å². The number of methoxy groups -OCH3 is 1. The van der Waals surface area contributed by atoms with E-state index in [2.05, 4.69) is 17.2 Å². The number of carbonyl (C=O) groups excluding carboxylic acids is 1. The van der Waals surface area contributed by atoms with Crippen molar-refractivity contribution < 1.29 is 19.0 Å². The first-order valence-corrected chi connectivity index (χ1v) is 6.37. The van der Waals surface area contributed by atoms with E-state index >= 15 is 0 Å². The largest absolute Gasteiger partial charge is 0.384 e. The molecule has 0 bridgehead atoms. The van der Waals surface area contributed by atoms with Gasteiger partial charge in [-0.1, -0.05) is 11.8 Å². The average molecular weight is 277 g/mol. The Kier molecular flexibility index (Phi) is 4.72. The molecular weight excluding hydrogens is 261 g/mol. The molecule has 0 aliphatic heterocycles. The molecule has 0 heterocycles. The van der Waals surface area contributed by atoms with Crippen LogP contribution in [0, 0.1) is 17.7 Å². The van der Waals surface area contributed by atoms with E-state index in [0.717, 1.165) is 18.9 Å². The summed E-state index contributed by atoms with van der Waals surface area (Å²) in [5, 5.41) is 11.5. The first-order valence-electron chi connectivity index (χ1n) is 6.37. The van der Waals surface area contributed by atoms with Gasteiger partial charge in [-0.2, -0.15) is 0 Å². The molecule has 0 atom stereocenters. The summed E-state index contributed by atoms with van der Waals surface area (Å²) in [5.41, 5.74) is 0.590. The lowest BCUT2D eigenvalue weighted by atomic mass is 9.89. The Hall–Kier alpha value is -1.90. The number of rotatable bonds is 3. The maximum atomic E-state index is 13.3. The molecule has 1 amide bonds. The van der Waals surface area contributed by atoms with Crippen LogP contribution in [-0.4, -0.2) is 36.9 Å². The van der Waals surface area contributed by atoms with E-state index in [0.29, 0.717) is 5.56 Å². The van der Waals surface area contributed by atoms with Crippen LogP contribution in [0.4, 0.5) is 4.39 Å². The zero-order valence-electron chi connectivity index (χ0n) is 11.1. The molecule has 0 radical (unpaired) electrons. The minimum absolute atomic E-state index is 0.0503. The molecule has 0 saturated heterocycles. The van der Waals surface area contributed by atoms with E-state index in [4.69, 9.17) is 9.84 Å². The maximum absolute atomic E-state index is 13.3. The van der Waals surface area contributed by atoms with Crippen LogP contribution in [0.1, 0.15) is 28.8 Å². The Morgan fingerprint density at radius 3 is 2.95 bits per heavy atom. The molecule has 2 rings (SSSR count). The molecule has 0 aromatic heterocycles. The Balaban J connectivity index is 2.10. The van der Waals surface area contributed by atoms with Crippen LogP contribution in [-0.2, 0) is 4.74 Å². The molecule has 5 heteroatoms. The zero-order valence-corrected chi connectivity index (χ0v) is 11.1. The van der Waals surface area contributed by atoms with Crippen LogP contribution in [0.2, 0.25) is 0 Å². The third-order valence-corrected chi connectivity index (χ3v) is 3.29. The van der Waals surface area contributed by atoms with E-state index in [-0.39, 0.29) is 30.2 Å². The predicted octanol–water partition coefficient (Wildman–Crippen LogP) is 1.08. The van der Waals surface area contributed by atoms with Gasteiger partial charge in [-0.3, -0.25) is 4.79 Å². The van der Waals surface area contributed by atoms with Crippen LogP contribution in [0.3, 0.4) is 0 Å². The molecule has 2 N–H and O–H groups in total. The van der Waals surface area contributed by atoms with Crippen LogP contribution in [0.25, 0.3) is 0 Å². The summed E-state index contributed by atoms with van der Waals surface area (Å²) in [6.45, 7) is -0.309. The van der Waals surface area contributed by atoms with Crippen molar-refractivity contribution in [1.82, 2.24) is 5.32 Å². The van der Waals surface area contributed by atoms with Gasteiger partial charge in [-0.15, -0.1) is 0 Å². The molecule has 20 heavy (non-hydrogen) atoms. The van der Waals surface area contributed by atoms with Gasteiger partial charge in [0.05, 0.1) is 11.7 Å². The van der Waals surface area contributed by atoms with Gasteiger partial charge in [0.25, 0.3) is 5.91 Å². The third-order valence-electron chi connectivity index (χ3n) is 3.29. The summed E-state index contributed by atoms with van der Waals surface area (Å²) in [6.07, 6.45) is 1.70. The lowest BCUT2D eigenvalue weighted by Gasteiger charge is -2.34. The highest BCUT2D eigenvalue weighted by atomic mass is 19.1. The summed E-state index contributed by atoms with van der Waals surface area (Å²) in [4.78, 5) is 12.1. The molecule has 1 fully saturated rings. The van der Waals surface area contributed by atoms with Crippen molar-refractivity contribution in [2.24, 2.45) is 0 Å². The van der Waals surface area contributed by atoms with Crippen molar-refractivity contribution in [2.45, 2.75) is 25.0 Å². The molecular formula is C15H16FNO3. The Bertz CT molecular complexity index is 556. The summed E-state index contributed by atoms with van der Waals surface area (Å²) in [5.74, 6) is 4.26. The number of ether oxygens (including phenoxy) is 1. The highest BCUT2D eigenvalue weighted by Gasteiger charge is 2.30. The van der Waals surface area contributed by atoms with Crippen LogP contribution in [0.15, 0.2) is 18.2 Å². The number of aliphatic hydroxyl groups excluding tert-OH is 1. The number of hydrogen-bond acceptors (Lipinski definition) is 3. The molecule has 1 aliphatic rings. The van der Waals surface area contributed by atoms with Gasteiger partial charge >= 0.3 is 0 Å². The van der Waals surface area contributed by atoms with Gasteiger partial charge in [0.1, 0.15) is 12.4 Å². The molecule has 4 nitrogen and oxygen atoms in total. The standard InChI is InChI=1S/C15H16FNO3/c1-20-13-8-12(9-13)17-15(19)14-7-11(16)5-4-10(14)3-2-6-18/h4-5,7,12-13,18H,6,8-9H2,1H3,(H,17,19). The van der Waals surface area contributed by atoms with Crippen molar-refractivity contribution in [3.63, 3.8) is 0 Å². The first-order chi connectivity index (χ1) is 9.63. The lowest BCUT2D eigenvalue weighted by molar-refractivity contribution is 0.0176. The normalized spacial score (nSPS) is 20.6. The van der Waals surface area contributed by atoms with Gasteiger partial charge in [-0.05, 0) is 31.0 Å². The minimum atomic E-state index is -0.493. The maximum Gasteiger partial charge on any atom is 0.252 e. The highest BCUT2D eigenvalue weighted by molar-refractivity contribution is 5.97. The van der Waals surface area contributed by atoms with Crippen LogP contribution in [0.5, 0.6) is 0 Å². The fraction of sp³-hybridized carbons (Fsp3) is 0.400. The Morgan fingerprint density at radius 1 is 1.55 bits per heavy atom. The second kappa shape index (κ2) is 6.51. The molecule has 1 aromatic rings. The van der Waals surface area contributed by atoms with Gasteiger partial charge in [0.2, 0.25) is 0 Å². The van der Waals surface area contributed by atoms with Crippen molar-refractivity contribution in [1.29, 1.82) is 0 Å². The van der Waals surface area contributed by atoms with Crippen molar-refractivity contribution in [3.8, 4) is 11.8 Å². The second-order valence-electron chi connectivity index (χ2n) is 4.65. The van der Waals surface area contributed by atoms with Crippen molar-refractivity contribution in [2.75, 3.05) is 13.7 Å². The molecule has 0 spiro atoms. The highest BCUT2D eigenvalue weighted by Crippen LogP contribution is 2.23. The van der Waals surface area contributed by atoms with Gasteiger partial charge in [0, 0.05) is 18.7 Å². The average Bonchev–Trinajstić information content (AvgIpc) is 2.40. The van der Waals surface area contributed by atoms with Crippen LogP contribution >= 0.6 is 0 Å². The number of amides is 1. The molecule has 1 saturated carbocycles. The topological polar surface area (TPSA) is 58.6 Å². The number of nitrogens with one attached hydrogen (secondary N) is 1.